The highest BCUT2D eigenvalue weighted by Crippen LogP contribution is 2.37. The van der Waals surface area contributed by atoms with E-state index in [-0.39, 0.29) is 11.9 Å². The van der Waals surface area contributed by atoms with Gasteiger partial charge in [-0.05, 0) is 65.2 Å². The Morgan fingerprint density at radius 2 is 1.51 bits per heavy atom. The summed E-state index contributed by atoms with van der Waals surface area (Å²) in [4.78, 5) is 12.3. The molecule has 4 aromatic carbocycles. The van der Waals surface area contributed by atoms with Crippen LogP contribution >= 0.6 is 34.8 Å². The third kappa shape index (κ3) is 5.86. The zero-order valence-corrected chi connectivity index (χ0v) is 21.8. The van der Waals surface area contributed by atoms with E-state index >= 15 is 0 Å². The minimum atomic E-state index is -0.370. The van der Waals surface area contributed by atoms with Crippen molar-refractivity contribution in [1.82, 2.24) is 5.43 Å². The number of amides is 1. The van der Waals surface area contributed by atoms with E-state index in [1.165, 1.54) is 0 Å². The summed E-state index contributed by atoms with van der Waals surface area (Å²) in [5.41, 5.74) is 7.76. The van der Waals surface area contributed by atoms with Crippen molar-refractivity contribution < 1.29 is 4.79 Å². The summed E-state index contributed by atoms with van der Waals surface area (Å²) in [6, 6.07) is 30.2. The average Bonchev–Trinajstić information content (AvgIpc) is 3.35. The van der Waals surface area contributed by atoms with E-state index in [0.717, 1.165) is 34.5 Å². The van der Waals surface area contributed by atoms with E-state index in [2.05, 4.69) is 10.5 Å². The molecular weight excluding hydrogens is 527 g/mol. The number of rotatable bonds is 6. The summed E-state index contributed by atoms with van der Waals surface area (Å²) >= 11 is 18.3. The van der Waals surface area contributed by atoms with E-state index < -0.39 is 0 Å². The molecule has 5 rings (SSSR count). The molecule has 8 heteroatoms. The van der Waals surface area contributed by atoms with Gasteiger partial charge in [0.15, 0.2) is 0 Å². The summed E-state index contributed by atoms with van der Waals surface area (Å²) in [5.74, 6) is -0.370. The summed E-state index contributed by atoms with van der Waals surface area (Å²) < 4.78 is 0. The number of hydrazone groups is 2. The molecule has 184 valence electrons. The fraction of sp³-hybridized carbons (Fsp3) is 0.0690. The van der Waals surface area contributed by atoms with Gasteiger partial charge in [0.1, 0.15) is 0 Å². The van der Waals surface area contributed by atoms with Crippen LogP contribution < -0.4 is 10.4 Å². The van der Waals surface area contributed by atoms with Crippen LogP contribution in [0.5, 0.6) is 0 Å². The molecule has 1 unspecified atom stereocenters. The first-order chi connectivity index (χ1) is 18.0. The standard InChI is InChI=1S/C29H21Cl3N4O/c30-22-11-7-20(8-12-22)27-17-28(21-9-13-23(31)14-10-21)36(35-27)24-15-5-19(6-16-24)18-33-34-29(37)25-3-1-2-4-26(25)32/h1-16,18,28H,17H2,(H,34,37)/b33-18-. The molecule has 0 saturated heterocycles. The molecule has 0 spiro atoms. The van der Waals surface area contributed by atoms with E-state index in [1.807, 2.05) is 77.8 Å². The van der Waals surface area contributed by atoms with Crippen LogP contribution in [-0.2, 0) is 0 Å². The largest absolute Gasteiger partial charge is 0.272 e. The predicted molar refractivity (Wildman–Crippen MR) is 152 cm³/mol. The molecular formula is C29H21Cl3N4O. The molecule has 0 fully saturated rings. The Labute approximate surface area is 230 Å². The van der Waals surface area contributed by atoms with Crippen molar-refractivity contribution in [3.05, 3.63) is 134 Å². The van der Waals surface area contributed by atoms with Crippen LogP contribution in [0.1, 0.15) is 39.5 Å². The van der Waals surface area contributed by atoms with Gasteiger partial charge < -0.3 is 0 Å². The van der Waals surface area contributed by atoms with E-state index in [9.17, 15) is 4.79 Å². The molecule has 5 nitrogen and oxygen atoms in total. The maximum absolute atomic E-state index is 12.3. The molecule has 1 N–H and O–H groups in total. The highest BCUT2D eigenvalue weighted by atomic mass is 35.5. The van der Waals surface area contributed by atoms with Gasteiger partial charge in [0.2, 0.25) is 0 Å². The van der Waals surface area contributed by atoms with Crippen LogP contribution in [0.2, 0.25) is 15.1 Å². The molecule has 0 radical (unpaired) electrons. The third-order valence-corrected chi connectivity index (χ3v) is 6.83. The van der Waals surface area contributed by atoms with Crippen molar-refractivity contribution in [1.29, 1.82) is 0 Å². The molecule has 0 aromatic heterocycles. The van der Waals surface area contributed by atoms with Crippen LogP contribution in [0.4, 0.5) is 5.69 Å². The zero-order chi connectivity index (χ0) is 25.8. The molecule has 37 heavy (non-hydrogen) atoms. The lowest BCUT2D eigenvalue weighted by atomic mass is 9.98. The Bertz CT molecular complexity index is 1470. The summed E-state index contributed by atoms with van der Waals surface area (Å²) in [5, 5.41) is 12.8. The molecule has 0 bridgehead atoms. The summed E-state index contributed by atoms with van der Waals surface area (Å²) in [7, 11) is 0. The number of anilines is 1. The Morgan fingerprint density at radius 3 is 2.19 bits per heavy atom. The molecule has 1 atom stereocenters. The minimum absolute atomic E-state index is 0.0115. The second-order valence-electron chi connectivity index (χ2n) is 8.44. The first-order valence-electron chi connectivity index (χ1n) is 11.5. The average molecular weight is 548 g/mol. The monoisotopic (exact) mass is 546 g/mol. The van der Waals surface area contributed by atoms with E-state index in [0.29, 0.717) is 20.6 Å². The second kappa shape index (κ2) is 11.2. The van der Waals surface area contributed by atoms with E-state index in [1.54, 1.807) is 30.5 Å². The maximum atomic E-state index is 12.3. The van der Waals surface area contributed by atoms with Gasteiger partial charge in [-0.25, -0.2) is 5.43 Å². The smallest absolute Gasteiger partial charge is 0.267 e. The Morgan fingerprint density at radius 1 is 0.865 bits per heavy atom. The molecule has 0 saturated carbocycles. The number of benzene rings is 4. The van der Waals surface area contributed by atoms with Crippen molar-refractivity contribution >= 4 is 58.3 Å². The van der Waals surface area contributed by atoms with Gasteiger partial charge >= 0.3 is 0 Å². The number of halogens is 3. The van der Waals surface area contributed by atoms with Gasteiger partial charge in [0.05, 0.1) is 34.2 Å². The molecule has 0 aliphatic carbocycles. The lowest BCUT2D eigenvalue weighted by Crippen LogP contribution is -2.18. The molecule has 1 aliphatic heterocycles. The topological polar surface area (TPSA) is 57.1 Å². The lowest BCUT2D eigenvalue weighted by Gasteiger charge is -2.24. The van der Waals surface area contributed by atoms with Crippen LogP contribution in [0.3, 0.4) is 0 Å². The van der Waals surface area contributed by atoms with Gasteiger partial charge in [0.25, 0.3) is 5.91 Å². The van der Waals surface area contributed by atoms with Gasteiger partial charge in [0, 0.05) is 16.5 Å². The third-order valence-electron chi connectivity index (χ3n) is 6.00. The van der Waals surface area contributed by atoms with Crippen LogP contribution in [-0.4, -0.2) is 17.8 Å². The van der Waals surface area contributed by atoms with E-state index in [4.69, 9.17) is 39.9 Å². The first kappa shape index (κ1) is 25.0. The van der Waals surface area contributed by atoms with Gasteiger partial charge in [-0.15, -0.1) is 0 Å². The molecule has 1 aliphatic rings. The van der Waals surface area contributed by atoms with Gasteiger partial charge in [-0.1, -0.05) is 83.3 Å². The van der Waals surface area contributed by atoms with Crippen molar-refractivity contribution in [2.24, 2.45) is 10.2 Å². The van der Waals surface area contributed by atoms with Crippen LogP contribution in [0.15, 0.2) is 107 Å². The SMILES string of the molecule is O=C(N/N=C\c1ccc(N2N=C(c3ccc(Cl)cc3)CC2c2ccc(Cl)cc2)cc1)c1ccccc1Cl. The lowest BCUT2D eigenvalue weighted by molar-refractivity contribution is 0.0955. The molecule has 1 amide bonds. The zero-order valence-electron chi connectivity index (χ0n) is 19.5. The van der Waals surface area contributed by atoms with Gasteiger partial charge in [-0.3, -0.25) is 9.80 Å². The predicted octanol–water partition coefficient (Wildman–Crippen LogP) is 7.77. The van der Waals surface area contributed by atoms with Gasteiger partial charge in [-0.2, -0.15) is 10.2 Å². The van der Waals surface area contributed by atoms with Crippen molar-refractivity contribution in [3.8, 4) is 0 Å². The van der Waals surface area contributed by atoms with Crippen LogP contribution in [0.25, 0.3) is 0 Å². The Hall–Kier alpha value is -3.64. The number of nitrogens with one attached hydrogen (secondary N) is 1. The number of carbonyl (C=O) groups excluding carboxylic acids is 1. The Balaban J connectivity index is 1.36. The summed E-state index contributed by atoms with van der Waals surface area (Å²) in [6.45, 7) is 0. The fourth-order valence-electron chi connectivity index (χ4n) is 4.09. The number of hydrogen-bond acceptors (Lipinski definition) is 4. The number of nitrogens with zero attached hydrogens (tertiary/aromatic N) is 3. The van der Waals surface area contributed by atoms with Crippen LogP contribution in [0, 0.1) is 0 Å². The molecule has 4 aromatic rings. The van der Waals surface area contributed by atoms with Crippen molar-refractivity contribution in [3.63, 3.8) is 0 Å². The Kier molecular flexibility index (Phi) is 7.56. The fourth-order valence-corrected chi connectivity index (χ4v) is 4.57. The molecule has 1 heterocycles. The summed E-state index contributed by atoms with van der Waals surface area (Å²) in [6.07, 6.45) is 2.32. The first-order valence-corrected chi connectivity index (χ1v) is 12.7. The quantitative estimate of drug-likeness (QED) is 0.198. The maximum Gasteiger partial charge on any atom is 0.272 e. The number of hydrogen-bond donors (Lipinski definition) is 1. The highest BCUT2D eigenvalue weighted by molar-refractivity contribution is 6.33. The second-order valence-corrected chi connectivity index (χ2v) is 9.72. The highest BCUT2D eigenvalue weighted by Gasteiger charge is 2.30. The minimum Gasteiger partial charge on any atom is -0.267 e. The number of carbonyl (C=O) groups is 1. The normalized spacial score (nSPS) is 15.2. The van der Waals surface area contributed by atoms with Crippen molar-refractivity contribution in [2.45, 2.75) is 12.5 Å². The van der Waals surface area contributed by atoms with Crippen molar-refractivity contribution in [2.75, 3.05) is 5.01 Å².